The number of aromatic nitrogens is 1. The Morgan fingerprint density at radius 2 is 1.61 bits per heavy atom. The van der Waals surface area contributed by atoms with E-state index in [1.807, 2.05) is 55.7 Å². The van der Waals surface area contributed by atoms with Gasteiger partial charge < -0.3 is 24.8 Å². The van der Waals surface area contributed by atoms with Crippen molar-refractivity contribution in [2.24, 2.45) is 0 Å². The number of nitrogens with one attached hydrogen (secondary N) is 1. The quantitative estimate of drug-likeness (QED) is 0.293. The Morgan fingerprint density at radius 3 is 2.18 bits per heavy atom. The molecule has 1 aromatic heterocycles. The largest absolute Gasteiger partial charge is 0.469 e. The zero-order valence-corrected chi connectivity index (χ0v) is 22.4. The van der Waals surface area contributed by atoms with Gasteiger partial charge in [-0.3, -0.25) is 9.59 Å². The lowest BCUT2D eigenvalue weighted by atomic mass is 9.92. The monoisotopic (exact) mass is 524 g/mol. The van der Waals surface area contributed by atoms with E-state index in [-0.39, 0.29) is 37.0 Å². The summed E-state index contributed by atoms with van der Waals surface area (Å²) in [6.45, 7) is 6.30. The Morgan fingerprint density at radius 1 is 0.974 bits per heavy atom. The maximum absolute atomic E-state index is 13.9. The van der Waals surface area contributed by atoms with Crippen molar-refractivity contribution in [3.8, 4) is 22.3 Å². The van der Waals surface area contributed by atoms with Crippen molar-refractivity contribution in [2.45, 2.75) is 64.7 Å². The van der Waals surface area contributed by atoms with Crippen molar-refractivity contribution in [1.29, 1.82) is 0 Å². The fraction of sp³-hybridized carbons (Fsp3) is 0.400. The SMILES string of the molecule is CCNC(=O)c1c(-c2ccccc2)c(-c2ccc(F)cc2)c(CC[C@@H](O)C[C@@H](O)CC(=O)OC)n1C(C)C. The molecule has 0 saturated carbocycles. The zero-order chi connectivity index (χ0) is 27.8. The van der Waals surface area contributed by atoms with Crippen LogP contribution in [0.2, 0.25) is 0 Å². The maximum atomic E-state index is 13.9. The minimum absolute atomic E-state index is 0.0120. The number of hydrogen-bond donors (Lipinski definition) is 3. The second kappa shape index (κ2) is 13.3. The summed E-state index contributed by atoms with van der Waals surface area (Å²) in [4.78, 5) is 25.0. The zero-order valence-electron chi connectivity index (χ0n) is 22.4. The predicted molar refractivity (Wildman–Crippen MR) is 145 cm³/mol. The van der Waals surface area contributed by atoms with Gasteiger partial charge in [-0.25, -0.2) is 4.39 Å². The molecule has 0 spiro atoms. The molecule has 0 aliphatic rings. The van der Waals surface area contributed by atoms with Crippen molar-refractivity contribution in [3.63, 3.8) is 0 Å². The first-order valence-electron chi connectivity index (χ1n) is 13.0. The minimum Gasteiger partial charge on any atom is -0.469 e. The van der Waals surface area contributed by atoms with Gasteiger partial charge in [-0.2, -0.15) is 0 Å². The fourth-order valence-corrected chi connectivity index (χ4v) is 4.83. The number of rotatable bonds is 12. The molecule has 2 aromatic carbocycles. The van der Waals surface area contributed by atoms with Gasteiger partial charge in [0.2, 0.25) is 0 Å². The lowest BCUT2D eigenvalue weighted by Gasteiger charge is -2.20. The summed E-state index contributed by atoms with van der Waals surface area (Å²) < 4.78 is 20.5. The molecule has 3 rings (SSSR count). The average molecular weight is 525 g/mol. The molecular weight excluding hydrogens is 487 g/mol. The molecule has 38 heavy (non-hydrogen) atoms. The van der Waals surface area contributed by atoms with Crippen LogP contribution in [-0.2, 0) is 16.0 Å². The molecule has 8 heteroatoms. The molecule has 204 valence electrons. The van der Waals surface area contributed by atoms with Gasteiger partial charge in [0, 0.05) is 29.4 Å². The highest BCUT2D eigenvalue weighted by Gasteiger charge is 2.30. The van der Waals surface area contributed by atoms with Gasteiger partial charge in [-0.05, 0) is 63.3 Å². The molecule has 1 amide bonds. The molecule has 0 aliphatic carbocycles. The van der Waals surface area contributed by atoms with E-state index in [0.29, 0.717) is 18.7 Å². The van der Waals surface area contributed by atoms with E-state index in [4.69, 9.17) is 0 Å². The first-order chi connectivity index (χ1) is 18.2. The highest BCUT2D eigenvalue weighted by Crippen LogP contribution is 2.42. The van der Waals surface area contributed by atoms with Crippen LogP contribution in [0.1, 0.15) is 62.3 Å². The van der Waals surface area contributed by atoms with Gasteiger partial charge in [0.15, 0.2) is 0 Å². The molecule has 1 heterocycles. The molecule has 3 aromatic rings. The van der Waals surface area contributed by atoms with Gasteiger partial charge in [0.1, 0.15) is 11.5 Å². The highest BCUT2D eigenvalue weighted by atomic mass is 19.1. The second-order valence-corrected chi connectivity index (χ2v) is 9.60. The summed E-state index contributed by atoms with van der Waals surface area (Å²) in [6.07, 6.45) is -1.44. The maximum Gasteiger partial charge on any atom is 0.308 e. The van der Waals surface area contributed by atoms with Crippen LogP contribution >= 0.6 is 0 Å². The molecule has 0 fully saturated rings. The minimum atomic E-state index is -1.03. The molecule has 0 bridgehead atoms. The number of nitrogens with zero attached hydrogens (tertiary/aromatic N) is 1. The number of methoxy groups -OCH3 is 1. The number of hydrogen-bond acceptors (Lipinski definition) is 5. The van der Waals surface area contributed by atoms with E-state index in [2.05, 4.69) is 10.1 Å². The lowest BCUT2D eigenvalue weighted by molar-refractivity contribution is -0.143. The Balaban J connectivity index is 2.16. The van der Waals surface area contributed by atoms with Crippen molar-refractivity contribution in [1.82, 2.24) is 9.88 Å². The molecule has 7 nitrogen and oxygen atoms in total. The third kappa shape index (κ3) is 6.88. The van der Waals surface area contributed by atoms with Crippen molar-refractivity contribution in [2.75, 3.05) is 13.7 Å². The van der Waals surface area contributed by atoms with Crippen LogP contribution in [0.4, 0.5) is 4.39 Å². The smallest absolute Gasteiger partial charge is 0.308 e. The van der Waals surface area contributed by atoms with Gasteiger partial charge in [-0.1, -0.05) is 42.5 Å². The van der Waals surface area contributed by atoms with E-state index in [0.717, 1.165) is 27.9 Å². The Labute approximate surface area is 223 Å². The summed E-state index contributed by atoms with van der Waals surface area (Å²) in [5.41, 5.74) is 4.48. The van der Waals surface area contributed by atoms with Crippen LogP contribution in [0, 0.1) is 5.82 Å². The number of amides is 1. The van der Waals surface area contributed by atoms with Crippen molar-refractivity contribution < 1.29 is 28.9 Å². The van der Waals surface area contributed by atoms with Crippen LogP contribution in [0.25, 0.3) is 22.3 Å². The van der Waals surface area contributed by atoms with E-state index >= 15 is 0 Å². The van der Waals surface area contributed by atoms with Crippen LogP contribution in [-0.4, -0.2) is 52.5 Å². The highest BCUT2D eigenvalue weighted by molar-refractivity contribution is 6.05. The first kappa shape index (κ1) is 29.1. The summed E-state index contributed by atoms with van der Waals surface area (Å²) >= 11 is 0. The van der Waals surface area contributed by atoms with Gasteiger partial charge in [-0.15, -0.1) is 0 Å². The van der Waals surface area contributed by atoms with Crippen molar-refractivity contribution in [3.05, 3.63) is 71.8 Å². The van der Waals surface area contributed by atoms with E-state index < -0.39 is 18.2 Å². The third-order valence-corrected chi connectivity index (χ3v) is 6.46. The third-order valence-electron chi connectivity index (χ3n) is 6.46. The van der Waals surface area contributed by atoms with E-state index in [1.54, 1.807) is 12.1 Å². The molecule has 0 radical (unpaired) electrons. The molecular formula is C30H37FN2O5. The lowest BCUT2D eigenvalue weighted by Crippen LogP contribution is -2.27. The van der Waals surface area contributed by atoms with Crippen LogP contribution in [0.3, 0.4) is 0 Å². The number of carbonyl (C=O) groups excluding carboxylic acids is 2. The van der Waals surface area contributed by atoms with E-state index in [9.17, 15) is 24.2 Å². The number of esters is 1. The number of halogens is 1. The molecule has 0 aliphatic heterocycles. The van der Waals surface area contributed by atoms with Gasteiger partial charge in [0.05, 0.1) is 25.7 Å². The molecule has 2 atom stereocenters. The number of aliphatic hydroxyl groups is 2. The number of aliphatic hydroxyl groups excluding tert-OH is 2. The standard InChI is InChI=1S/C30H37FN2O5/c1-5-32-30(37)29-28(20-9-7-6-8-10-20)27(21-11-13-22(31)14-12-21)25(33(29)19(2)3)16-15-23(34)17-24(35)18-26(36)38-4/h6-14,19,23-24,34-35H,5,15-18H2,1-4H3,(H,32,37)/t23-,24-/m1/s1. The Bertz CT molecular complexity index is 1220. The second-order valence-electron chi connectivity index (χ2n) is 9.60. The van der Waals surface area contributed by atoms with Gasteiger partial charge >= 0.3 is 5.97 Å². The summed E-state index contributed by atoms with van der Waals surface area (Å²) in [6, 6.07) is 15.7. The Hall–Kier alpha value is -3.49. The van der Waals surface area contributed by atoms with Crippen molar-refractivity contribution >= 4 is 11.9 Å². The molecule has 0 unspecified atom stereocenters. The summed E-state index contributed by atoms with van der Waals surface area (Å²) in [7, 11) is 1.25. The van der Waals surface area contributed by atoms with E-state index in [1.165, 1.54) is 19.2 Å². The molecule has 0 saturated heterocycles. The normalized spacial score (nSPS) is 12.8. The fourth-order valence-electron chi connectivity index (χ4n) is 4.83. The predicted octanol–water partition coefficient (Wildman–Crippen LogP) is 4.90. The number of ether oxygens (including phenoxy) is 1. The number of benzene rings is 2. The number of carbonyl (C=O) groups is 2. The van der Waals surface area contributed by atoms with Crippen LogP contribution < -0.4 is 5.32 Å². The Kier molecular flexibility index (Phi) is 10.2. The summed E-state index contributed by atoms with van der Waals surface area (Å²) in [5.74, 6) is -1.13. The summed E-state index contributed by atoms with van der Waals surface area (Å²) in [5, 5.41) is 23.9. The molecule has 3 N–H and O–H groups in total. The van der Waals surface area contributed by atoms with Gasteiger partial charge in [0.25, 0.3) is 5.91 Å². The topological polar surface area (TPSA) is 101 Å². The average Bonchev–Trinajstić information content (AvgIpc) is 3.24. The first-order valence-corrected chi connectivity index (χ1v) is 13.0. The van der Waals surface area contributed by atoms with Crippen LogP contribution in [0.15, 0.2) is 54.6 Å². The van der Waals surface area contributed by atoms with Crippen LogP contribution in [0.5, 0.6) is 0 Å².